The highest BCUT2D eigenvalue weighted by molar-refractivity contribution is 9.10. The second-order valence-corrected chi connectivity index (χ2v) is 5.67. The van der Waals surface area contributed by atoms with Crippen molar-refractivity contribution in [3.8, 4) is 0 Å². The van der Waals surface area contributed by atoms with Crippen molar-refractivity contribution in [1.29, 1.82) is 0 Å². The van der Waals surface area contributed by atoms with Crippen LogP contribution in [0.4, 0.5) is 0 Å². The van der Waals surface area contributed by atoms with E-state index in [1.807, 2.05) is 30.3 Å². The molecule has 2 heteroatoms. The van der Waals surface area contributed by atoms with E-state index in [2.05, 4.69) is 34.1 Å². The predicted octanol–water partition coefficient (Wildman–Crippen LogP) is 4.05. The maximum Gasteiger partial charge on any atom is 0.166 e. The lowest BCUT2D eigenvalue weighted by Crippen LogP contribution is -2.12. The van der Waals surface area contributed by atoms with Gasteiger partial charge in [0.05, 0.1) is 0 Å². The summed E-state index contributed by atoms with van der Waals surface area (Å²) in [7, 11) is 0. The Morgan fingerprint density at radius 1 is 1.11 bits per heavy atom. The number of hydrogen-bond acceptors (Lipinski definition) is 1. The lowest BCUT2D eigenvalue weighted by Gasteiger charge is -2.08. The summed E-state index contributed by atoms with van der Waals surface area (Å²) in [6.45, 7) is 0. The van der Waals surface area contributed by atoms with E-state index < -0.39 is 0 Å². The first kappa shape index (κ1) is 11.7. The van der Waals surface area contributed by atoms with Gasteiger partial charge in [0.15, 0.2) is 5.78 Å². The molecule has 90 valence electrons. The molecule has 1 atom stereocenters. The van der Waals surface area contributed by atoms with Crippen molar-refractivity contribution in [2.24, 2.45) is 5.92 Å². The smallest absolute Gasteiger partial charge is 0.166 e. The van der Waals surface area contributed by atoms with Gasteiger partial charge in [-0.3, -0.25) is 4.79 Å². The van der Waals surface area contributed by atoms with Crippen LogP contribution in [0.1, 0.15) is 21.5 Å². The van der Waals surface area contributed by atoms with Crippen LogP contribution in [0, 0.1) is 5.92 Å². The van der Waals surface area contributed by atoms with Gasteiger partial charge in [0, 0.05) is 16.0 Å². The van der Waals surface area contributed by atoms with Crippen molar-refractivity contribution in [2.45, 2.75) is 12.8 Å². The van der Waals surface area contributed by atoms with Crippen molar-refractivity contribution in [3.05, 3.63) is 69.7 Å². The van der Waals surface area contributed by atoms with Gasteiger partial charge in [0.25, 0.3) is 0 Å². The van der Waals surface area contributed by atoms with Gasteiger partial charge in [-0.25, -0.2) is 0 Å². The lowest BCUT2D eigenvalue weighted by atomic mass is 9.96. The van der Waals surface area contributed by atoms with E-state index in [1.54, 1.807) is 0 Å². The molecular weight excluding hydrogens is 288 g/mol. The number of carbonyl (C=O) groups excluding carboxylic acids is 1. The summed E-state index contributed by atoms with van der Waals surface area (Å²) in [5.41, 5.74) is 3.33. The number of carbonyl (C=O) groups is 1. The van der Waals surface area contributed by atoms with E-state index in [0.717, 1.165) is 22.9 Å². The third kappa shape index (κ3) is 2.13. The molecule has 3 rings (SSSR count). The van der Waals surface area contributed by atoms with Gasteiger partial charge in [0.1, 0.15) is 0 Å². The number of fused-ring (bicyclic) bond motifs is 1. The average Bonchev–Trinajstić information content (AvgIpc) is 2.67. The standard InChI is InChI=1S/C16H13BrO/c17-14-6-3-4-11(9-14)8-13-10-12-5-1-2-7-15(12)16(13)18/h1-7,9,13H,8,10H2. The van der Waals surface area contributed by atoms with E-state index in [-0.39, 0.29) is 5.92 Å². The average molecular weight is 301 g/mol. The molecule has 0 saturated carbocycles. The molecule has 0 aliphatic heterocycles. The zero-order chi connectivity index (χ0) is 12.5. The third-order valence-corrected chi connectivity index (χ3v) is 3.98. The van der Waals surface area contributed by atoms with Crippen LogP contribution in [0.15, 0.2) is 53.0 Å². The molecule has 0 aromatic heterocycles. The van der Waals surface area contributed by atoms with Crippen molar-refractivity contribution >= 4 is 21.7 Å². The molecular formula is C16H13BrO. The lowest BCUT2D eigenvalue weighted by molar-refractivity contribution is 0.0936. The van der Waals surface area contributed by atoms with Crippen LogP contribution in [0.5, 0.6) is 0 Å². The maximum atomic E-state index is 12.3. The largest absolute Gasteiger partial charge is 0.294 e. The van der Waals surface area contributed by atoms with Crippen LogP contribution in [-0.4, -0.2) is 5.78 Å². The molecule has 1 nitrogen and oxygen atoms in total. The molecule has 1 aliphatic carbocycles. The number of halogens is 1. The summed E-state index contributed by atoms with van der Waals surface area (Å²) >= 11 is 3.47. The second kappa shape index (κ2) is 4.69. The Labute approximate surface area is 115 Å². The van der Waals surface area contributed by atoms with Gasteiger partial charge in [0.2, 0.25) is 0 Å². The highest BCUT2D eigenvalue weighted by Crippen LogP contribution is 2.29. The van der Waals surface area contributed by atoms with E-state index in [4.69, 9.17) is 0 Å². The highest BCUT2D eigenvalue weighted by atomic mass is 79.9. The van der Waals surface area contributed by atoms with Crippen LogP contribution in [-0.2, 0) is 12.8 Å². The molecule has 0 amide bonds. The van der Waals surface area contributed by atoms with Crippen molar-refractivity contribution < 1.29 is 4.79 Å². The van der Waals surface area contributed by atoms with E-state index >= 15 is 0 Å². The number of Topliss-reactive ketones (excluding diaryl/α,β-unsaturated/α-hetero) is 1. The summed E-state index contributed by atoms with van der Waals surface area (Å²) in [6.07, 6.45) is 1.70. The minimum Gasteiger partial charge on any atom is -0.294 e. The number of rotatable bonds is 2. The molecule has 0 spiro atoms. The molecule has 0 radical (unpaired) electrons. The molecule has 18 heavy (non-hydrogen) atoms. The Hall–Kier alpha value is -1.41. The van der Waals surface area contributed by atoms with Crippen molar-refractivity contribution in [1.82, 2.24) is 0 Å². The van der Waals surface area contributed by atoms with E-state index in [9.17, 15) is 4.79 Å². The van der Waals surface area contributed by atoms with Crippen LogP contribution in [0.25, 0.3) is 0 Å². The summed E-state index contributed by atoms with van der Waals surface area (Å²) < 4.78 is 1.07. The first-order chi connectivity index (χ1) is 8.74. The Kier molecular flexibility index (Phi) is 3.04. The Morgan fingerprint density at radius 3 is 2.72 bits per heavy atom. The third-order valence-electron chi connectivity index (χ3n) is 3.49. The first-order valence-electron chi connectivity index (χ1n) is 6.10. The molecule has 1 unspecified atom stereocenters. The predicted molar refractivity (Wildman–Crippen MR) is 75.8 cm³/mol. The fourth-order valence-corrected chi connectivity index (χ4v) is 3.08. The zero-order valence-corrected chi connectivity index (χ0v) is 11.5. The summed E-state index contributed by atoms with van der Waals surface area (Å²) in [6, 6.07) is 16.2. The SMILES string of the molecule is O=C1c2ccccc2CC1Cc1cccc(Br)c1. The minimum atomic E-state index is 0.108. The number of hydrogen-bond donors (Lipinski definition) is 0. The molecule has 2 aromatic carbocycles. The molecule has 0 N–H and O–H groups in total. The normalized spacial score (nSPS) is 17.8. The van der Waals surface area contributed by atoms with Crippen LogP contribution >= 0.6 is 15.9 Å². The molecule has 1 aliphatic rings. The maximum absolute atomic E-state index is 12.3. The Bertz CT molecular complexity index is 604. The van der Waals surface area contributed by atoms with E-state index in [1.165, 1.54) is 11.1 Å². The fraction of sp³-hybridized carbons (Fsp3) is 0.188. The first-order valence-corrected chi connectivity index (χ1v) is 6.90. The second-order valence-electron chi connectivity index (χ2n) is 4.76. The number of ketones is 1. The van der Waals surface area contributed by atoms with Gasteiger partial charge in [-0.2, -0.15) is 0 Å². The quantitative estimate of drug-likeness (QED) is 0.818. The Morgan fingerprint density at radius 2 is 1.94 bits per heavy atom. The molecule has 0 bridgehead atoms. The monoisotopic (exact) mass is 300 g/mol. The van der Waals surface area contributed by atoms with Gasteiger partial charge in [-0.05, 0) is 36.1 Å². The van der Waals surface area contributed by atoms with E-state index in [0.29, 0.717) is 5.78 Å². The minimum absolute atomic E-state index is 0.108. The summed E-state index contributed by atoms with van der Waals surface area (Å²) in [5.74, 6) is 0.405. The molecule has 0 heterocycles. The van der Waals surface area contributed by atoms with Crippen molar-refractivity contribution in [3.63, 3.8) is 0 Å². The van der Waals surface area contributed by atoms with Gasteiger partial charge >= 0.3 is 0 Å². The van der Waals surface area contributed by atoms with Crippen LogP contribution in [0.3, 0.4) is 0 Å². The summed E-state index contributed by atoms with van der Waals surface area (Å²) in [5, 5.41) is 0. The van der Waals surface area contributed by atoms with Gasteiger partial charge in [-0.1, -0.05) is 52.3 Å². The van der Waals surface area contributed by atoms with Gasteiger partial charge in [-0.15, -0.1) is 0 Å². The number of benzene rings is 2. The topological polar surface area (TPSA) is 17.1 Å². The molecule has 0 saturated heterocycles. The van der Waals surface area contributed by atoms with Crippen molar-refractivity contribution in [2.75, 3.05) is 0 Å². The molecule has 0 fully saturated rings. The summed E-state index contributed by atoms with van der Waals surface area (Å²) in [4.78, 5) is 12.3. The van der Waals surface area contributed by atoms with Gasteiger partial charge < -0.3 is 0 Å². The fourth-order valence-electron chi connectivity index (χ4n) is 2.63. The Balaban J connectivity index is 1.83. The van der Waals surface area contributed by atoms with Crippen LogP contribution in [0.2, 0.25) is 0 Å². The molecule has 2 aromatic rings. The zero-order valence-electron chi connectivity index (χ0n) is 9.90. The van der Waals surface area contributed by atoms with Crippen LogP contribution < -0.4 is 0 Å². The highest BCUT2D eigenvalue weighted by Gasteiger charge is 2.29.